The molecule has 0 unspecified atom stereocenters. The third-order valence-corrected chi connectivity index (χ3v) is 3.85. The van der Waals surface area contributed by atoms with Crippen LogP contribution in [0.2, 0.25) is 0 Å². The predicted octanol–water partition coefficient (Wildman–Crippen LogP) is 1.73. The number of primary amides is 1. The summed E-state index contributed by atoms with van der Waals surface area (Å²) in [7, 11) is 0. The van der Waals surface area contributed by atoms with E-state index in [1.807, 2.05) is 23.1 Å². The van der Waals surface area contributed by atoms with Gasteiger partial charge in [-0.25, -0.2) is 0 Å². The van der Waals surface area contributed by atoms with Crippen LogP contribution >= 0.6 is 0 Å². The number of pyridine rings is 1. The number of oxazole rings is 1. The van der Waals surface area contributed by atoms with E-state index in [0.717, 1.165) is 18.8 Å². The van der Waals surface area contributed by atoms with E-state index in [0.29, 0.717) is 23.0 Å². The van der Waals surface area contributed by atoms with Gasteiger partial charge in [-0.3, -0.25) is 9.78 Å². The van der Waals surface area contributed by atoms with Gasteiger partial charge in [0.15, 0.2) is 5.58 Å². The van der Waals surface area contributed by atoms with E-state index in [2.05, 4.69) is 16.0 Å². The summed E-state index contributed by atoms with van der Waals surface area (Å²) in [5.41, 5.74) is 7.67. The molecule has 109 valence electrons. The van der Waals surface area contributed by atoms with Gasteiger partial charge in [0.25, 0.3) is 11.9 Å². The van der Waals surface area contributed by atoms with Crippen molar-refractivity contribution in [2.75, 3.05) is 18.0 Å². The second kappa shape index (κ2) is 4.84. The molecule has 3 heterocycles. The number of rotatable bonds is 3. The molecule has 22 heavy (non-hydrogen) atoms. The van der Waals surface area contributed by atoms with E-state index in [4.69, 9.17) is 10.2 Å². The van der Waals surface area contributed by atoms with Crippen LogP contribution in [0.3, 0.4) is 0 Å². The van der Waals surface area contributed by atoms with Crippen molar-refractivity contribution >= 4 is 23.0 Å². The topological polar surface area (TPSA) is 85.3 Å². The molecule has 1 saturated heterocycles. The Hall–Kier alpha value is -2.89. The van der Waals surface area contributed by atoms with E-state index >= 15 is 0 Å². The number of nitrogens with two attached hydrogens (primary N) is 1. The maximum absolute atomic E-state index is 11.4. The summed E-state index contributed by atoms with van der Waals surface area (Å²) < 4.78 is 5.71. The Bertz CT molecular complexity index is 838. The number of nitrogens with zero attached hydrogens (tertiary/aromatic N) is 3. The van der Waals surface area contributed by atoms with Gasteiger partial charge >= 0.3 is 0 Å². The molecule has 2 aromatic heterocycles. The molecule has 1 fully saturated rings. The van der Waals surface area contributed by atoms with Gasteiger partial charge in [0.05, 0.1) is 5.56 Å². The van der Waals surface area contributed by atoms with E-state index in [9.17, 15) is 4.79 Å². The Morgan fingerprint density at radius 3 is 2.95 bits per heavy atom. The molecule has 3 aromatic rings. The fraction of sp³-hybridized carbons (Fsp3) is 0.188. The molecule has 1 aliphatic heterocycles. The van der Waals surface area contributed by atoms with Crippen LogP contribution in [0, 0.1) is 6.07 Å². The molecule has 1 aromatic carbocycles. The molecule has 0 saturated carbocycles. The fourth-order valence-electron chi connectivity index (χ4n) is 2.64. The van der Waals surface area contributed by atoms with Crippen LogP contribution in [-0.2, 0) is 0 Å². The molecule has 6 heteroatoms. The summed E-state index contributed by atoms with van der Waals surface area (Å²) in [6.07, 6.45) is 1.80. The summed E-state index contributed by atoms with van der Waals surface area (Å²) in [6, 6.07) is 12.6. The van der Waals surface area contributed by atoms with Crippen molar-refractivity contribution in [3.63, 3.8) is 0 Å². The first-order valence-corrected chi connectivity index (χ1v) is 6.99. The van der Waals surface area contributed by atoms with Crippen LogP contribution in [0.4, 0.5) is 6.01 Å². The molecule has 0 spiro atoms. The van der Waals surface area contributed by atoms with Crippen molar-refractivity contribution in [2.45, 2.75) is 5.92 Å². The largest absolute Gasteiger partial charge is 0.423 e. The van der Waals surface area contributed by atoms with E-state index < -0.39 is 5.91 Å². The fourth-order valence-corrected chi connectivity index (χ4v) is 2.64. The Morgan fingerprint density at radius 1 is 1.36 bits per heavy atom. The molecule has 0 aliphatic carbocycles. The lowest BCUT2D eigenvalue weighted by Gasteiger charge is -2.37. The Balaban J connectivity index is 1.59. The van der Waals surface area contributed by atoms with Gasteiger partial charge in [0, 0.05) is 30.9 Å². The highest BCUT2D eigenvalue weighted by Crippen LogP contribution is 2.32. The van der Waals surface area contributed by atoms with Crippen LogP contribution in [0.15, 0.2) is 40.9 Å². The maximum atomic E-state index is 11.4. The molecular formula is C16H13N4O2. The quantitative estimate of drug-likeness (QED) is 0.794. The highest BCUT2D eigenvalue weighted by Gasteiger charge is 2.32. The van der Waals surface area contributed by atoms with Gasteiger partial charge in [-0.1, -0.05) is 6.07 Å². The maximum Gasteiger partial charge on any atom is 0.298 e. The first-order chi connectivity index (χ1) is 10.7. The smallest absolute Gasteiger partial charge is 0.298 e. The third-order valence-electron chi connectivity index (χ3n) is 3.85. The van der Waals surface area contributed by atoms with Crippen LogP contribution in [0.25, 0.3) is 11.1 Å². The van der Waals surface area contributed by atoms with Gasteiger partial charge in [0.1, 0.15) is 5.52 Å². The predicted molar refractivity (Wildman–Crippen MR) is 80.6 cm³/mol. The molecule has 4 rings (SSSR count). The average molecular weight is 293 g/mol. The first-order valence-electron chi connectivity index (χ1n) is 6.99. The summed E-state index contributed by atoms with van der Waals surface area (Å²) >= 11 is 0. The van der Waals surface area contributed by atoms with Crippen molar-refractivity contribution in [1.29, 1.82) is 0 Å². The summed E-state index contributed by atoms with van der Waals surface area (Å²) in [5.74, 6) is -0.182. The summed E-state index contributed by atoms with van der Waals surface area (Å²) in [5, 5.41) is 0. The minimum absolute atomic E-state index is 0.259. The summed E-state index contributed by atoms with van der Waals surface area (Å²) in [6.45, 7) is 1.58. The van der Waals surface area contributed by atoms with Crippen LogP contribution < -0.4 is 10.6 Å². The number of anilines is 1. The molecular weight excluding hydrogens is 280 g/mol. The highest BCUT2D eigenvalue weighted by atomic mass is 16.4. The second-order valence-corrected chi connectivity index (χ2v) is 5.28. The zero-order valence-electron chi connectivity index (χ0n) is 11.7. The van der Waals surface area contributed by atoms with Crippen molar-refractivity contribution in [1.82, 2.24) is 9.97 Å². The number of carbonyl (C=O) groups excluding carboxylic acids is 1. The SMILES string of the molecule is NC(=O)c1[c]ccc2oc(N3CC(c4ccccn4)C3)nc12. The Kier molecular flexibility index (Phi) is 2.82. The Morgan fingerprint density at radius 2 is 2.23 bits per heavy atom. The number of carbonyl (C=O) groups is 1. The van der Waals surface area contributed by atoms with Gasteiger partial charge in [0.2, 0.25) is 0 Å². The highest BCUT2D eigenvalue weighted by molar-refractivity contribution is 6.03. The molecule has 6 nitrogen and oxygen atoms in total. The van der Waals surface area contributed by atoms with Crippen molar-refractivity contribution in [2.24, 2.45) is 5.73 Å². The summed E-state index contributed by atoms with van der Waals surface area (Å²) in [4.78, 5) is 22.2. The van der Waals surface area contributed by atoms with E-state index in [1.165, 1.54) is 0 Å². The minimum Gasteiger partial charge on any atom is -0.423 e. The number of hydrogen-bond donors (Lipinski definition) is 1. The van der Waals surface area contributed by atoms with Crippen molar-refractivity contribution < 1.29 is 9.21 Å². The van der Waals surface area contributed by atoms with Gasteiger partial charge in [-0.2, -0.15) is 4.98 Å². The molecule has 1 amide bonds. The lowest BCUT2D eigenvalue weighted by molar-refractivity contribution is 0.100. The zero-order valence-corrected chi connectivity index (χ0v) is 11.7. The van der Waals surface area contributed by atoms with E-state index in [1.54, 1.807) is 18.3 Å². The third kappa shape index (κ3) is 2.00. The molecule has 2 N–H and O–H groups in total. The molecule has 0 atom stereocenters. The molecule has 1 radical (unpaired) electrons. The van der Waals surface area contributed by atoms with E-state index in [-0.39, 0.29) is 5.56 Å². The van der Waals surface area contributed by atoms with Crippen molar-refractivity contribution in [3.8, 4) is 0 Å². The zero-order chi connectivity index (χ0) is 15.1. The lowest BCUT2D eigenvalue weighted by Crippen LogP contribution is -2.45. The van der Waals surface area contributed by atoms with Crippen LogP contribution in [-0.4, -0.2) is 29.0 Å². The number of hydrogen-bond acceptors (Lipinski definition) is 5. The standard InChI is InChI=1S/C16H13N4O2/c17-15(21)11-4-3-6-13-14(11)19-16(22-13)20-8-10(9-20)12-5-1-2-7-18-12/h1-3,5-7,10H,8-9H2,(H2,17,21). The molecule has 1 aliphatic rings. The number of benzene rings is 1. The van der Waals surface area contributed by atoms with Crippen LogP contribution in [0.5, 0.6) is 0 Å². The number of fused-ring (bicyclic) bond motifs is 1. The van der Waals surface area contributed by atoms with Crippen molar-refractivity contribution in [3.05, 3.63) is 53.9 Å². The average Bonchev–Trinajstić information content (AvgIpc) is 2.89. The van der Waals surface area contributed by atoms with Gasteiger partial charge < -0.3 is 15.1 Å². The number of aromatic nitrogens is 2. The number of amides is 1. The van der Waals surface area contributed by atoms with Crippen LogP contribution in [0.1, 0.15) is 22.0 Å². The monoisotopic (exact) mass is 293 g/mol. The lowest BCUT2D eigenvalue weighted by atomic mass is 9.96. The second-order valence-electron chi connectivity index (χ2n) is 5.28. The van der Waals surface area contributed by atoms with Gasteiger partial charge in [-0.15, -0.1) is 0 Å². The normalized spacial score (nSPS) is 15.0. The Labute approximate surface area is 126 Å². The van der Waals surface area contributed by atoms with Gasteiger partial charge in [-0.05, 0) is 30.3 Å². The first kappa shape index (κ1) is 12.8. The molecule has 0 bridgehead atoms. The minimum atomic E-state index is -0.555.